The Kier molecular flexibility index (Phi) is 10.0. The highest BCUT2D eigenvalue weighted by atomic mass is 14.9. The zero-order chi connectivity index (χ0) is 9.94. The lowest BCUT2D eigenvalue weighted by molar-refractivity contribution is 0.431. The summed E-state index contributed by atoms with van der Waals surface area (Å²) in [5.74, 6) is 0. The summed E-state index contributed by atoms with van der Waals surface area (Å²) in [6, 6.07) is 0.788. The van der Waals surface area contributed by atoms with E-state index in [0.717, 1.165) is 6.04 Å². The van der Waals surface area contributed by atoms with E-state index >= 15 is 0 Å². The Balaban J connectivity index is 3.41. The summed E-state index contributed by atoms with van der Waals surface area (Å²) in [6.07, 6.45) is 9.37. The van der Waals surface area contributed by atoms with Crippen molar-refractivity contribution in [1.82, 2.24) is 5.32 Å². The predicted octanol–water partition coefficient (Wildman–Crippen LogP) is 3.74. The van der Waals surface area contributed by atoms with E-state index in [-0.39, 0.29) is 0 Å². The highest BCUT2D eigenvalue weighted by Gasteiger charge is 2.04. The summed E-state index contributed by atoms with van der Waals surface area (Å²) >= 11 is 0. The quantitative estimate of drug-likeness (QED) is 0.540. The number of rotatable bonds is 9. The van der Waals surface area contributed by atoms with E-state index in [4.69, 9.17) is 0 Å². The molecule has 1 N–H and O–H groups in total. The van der Waals surface area contributed by atoms with Crippen molar-refractivity contribution in [1.29, 1.82) is 0 Å². The molecular weight excluding hydrogens is 158 g/mol. The molecule has 0 aromatic rings. The maximum Gasteiger partial charge on any atom is 0.00669 e. The van der Waals surface area contributed by atoms with Gasteiger partial charge in [-0.1, -0.05) is 46.5 Å². The molecule has 0 aliphatic carbocycles. The first-order chi connectivity index (χ1) is 6.35. The van der Waals surface area contributed by atoms with Crippen molar-refractivity contribution in [2.24, 2.45) is 0 Å². The van der Waals surface area contributed by atoms with Crippen molar-refractivity contribution in [3.05, 3.63) is 0 Å². The highest BCUT2D eigenvalue weighted by Crippen LogP contribution is 2.06. The Morgan fingerprint density at radius 1 is 0.846 bits per heavy atom. The maximum atomic E-state index is 3.66. The molecule has 0 saturated carbocycles. The monoisotopic (exact) mass is 185 g/mol. The van der Waals surface area contributed by atoms with Gasteiger partial charge < -0.3 is 5.32 Å². The van der Waals surface area contributed by atoms with Crippen LogP contribution in [0, 0.1) is 0 Å². The van der Waals surface area contributed by atoms with E-state index in [0.29, 0.717) is 0 Å². The minimum absolute atomic E-state index is 0.788. The van der Waals surface area contributed by atoms with Gasteiger partial charge in [-0.15, -0.1) is 0 Å². The summed E-state index contributed by atoms with van der Waals surface area (Å²) in [6.45, 7) is 8.02. The molecular formula is C12H27N. The Morgan fingerprint density at radius 2 is 1.54 bits per heavy atom. The molecule has 0 aliphatic rings. The van der Waals surface area contributed by atoms with Crippen LogP contribution < -0.4 is 5.32 Å². The van der Waals surface area contributed by atoms with Gasteiger partial charge in [-0.05, 0) is 25.8 Å². The summed E-state index contributed by atoms with van der Waals surface area (Å²) in [5.41, 5.74) is 0. The molecule has 0 saturated heterocycles. The first-order valence-corrected chi connectivity index (χ1v) is 6.08. The molecule has 0 aliphatic heterocycles. The molecule has 1 unspecified atom stereocenters. The largest absolute Gasteiger partial charge is 0.314 e. The Morgan fingerprint density at radius 3 is 2.08 bits per heavy atom. The van der Waals surface area contributed by atoms with Crippen LogP contribution in [0.3, 0.4) is 0 Å². The molecule has 0 aromatic heterocycles. The molecule has 0 aromatic carbocycles. The van der Waals surface area contributed by atoms with E-state index in [9.17, 15) is 0 Å². The molecule has 13 heavy (non-hydrogen) atoms. The average molecular weight is 185 g/mol. The van der Waals surface area contributed by atoms with Crippen LogP contribution in [0.5, 0.6) is 0 Å². The zero-order valence-corrected chi connectivity index (χ0v) is 9.73. The first kappa shape index (κ1) is 13.0. The standard InChI is InChI=1S/C12H27N/c1-4-7-10-12(9-6-3)13-11-8-5-2/h12-13H,4-11H2,1-3H3. The van der Waals surface area contributed by atoms with E-state index < -0.39 is 0 Å². The third-order valence-electron chi connectivity index (χ3n) is 2.51. The summed E-state index contributed by atoms with van der Waals surface area (Å²) < 4.78 is 0. The van der Waals surface area contributed by atoms with Gasteiger partial charge in [-0.25, -0.2) is 0 Å². The van der Waals surface area contributed by atoms with Gasteiger partial charge in [-0.3, -0.25) is 0 Å². The highest BCUT2D eigenvalue weighted by molar-refractivity contribution is 4.65. The van der Waals surface area contributed by atoms with Gasteiger partial charge in [0.15, 0.2) is 0 Å². The maximum absolute atomic E-state index is 3.66. The van der Waals surface area contributed by atoms with E-state index in [1.165, 1.54) is 51.5 Å². The number of nitrogens with one attached hydrogen (secondary N) is 1. The minimum Gasteiger partial charge on any atom is -0.314 e. The molecule has 0 rings (SSSR count). The molecule has 0 spiro atoms. The number of hydrogen-bond acceptors (Lipinski definition) is 1. The van der Waals surface area contributed by atoms with Crippen molar-refractivity contribution in [2.45, 2.75) is 71.8 Å². The van der Waals surface area contributed by atoms with Gasteiger partial charge in [0.1, 0.15) is 0 Å². The first-order valence-electron chi connectivity index (χ1n) is 6.08. The summed E-state index contributed by atoms with van der Waals surface area (Å²) in [5, 5.41) is 3.66. The van der Waals surface area contributed by atoms with Crippen LogP contribution in [-0.2, 0) is 0 Å². The van der Waals surface area contributed by atoms with Gasteiger partial charge in [0.05, 0.1) is 0 Å². The van der Waals surface area contributed by atoms with Crippen LogP contribution in [0.15, 0.2) is 0 Å². The third kappa shape index (κ3) is 8.29. The lowest BCUT2D eigenvalue weighted by Gasteiger charge is -2.17. The minimum atomic E-state index is 0.788. The summed E-state index contributed by atoms with van der Waals surface area (Å²) in [4.78, 5) is 0. The van der Waals surface area contributed by atoms with Crippen molar-refractivity contribution < 1.29 is 0 Å². The predicted molar refractivity (Wildman–Crippen MR) is 61.1 cm³/mol. The Bertz CT molecular complexity index is 91.1. The average Bonchev–Trinajstić information content (AvgIpc) is 2.14. The molecule has 1 nitrogen and oxygen atoms in total. The van der Waals surface area contributed by atoms with Crippen LogP contribution in [0.4, 0.5) is 0 Å². The van der Waals surface area contributed by atoms with E-state index in [2.05, 4.69) is 26.1 Å². The van der Waals surface area contributed by atoms with Crippen LogP contribution in [0.25, 0.3) is 0 Å². The topological polar surface area (TPSA) is 12.0 Å². The molecule has 1 atom stereocenters. The molecule has 0 fully saturated rings. The third-order valence-corrected chi connectivity index (χ3v) is 2.51. The molecule has 1 heteroatoms. The van der Waals surface area contributed by atoms with Crippen LogP contribution in [0.1, 0.15) is 65.7 Å². The second-order valence-electron chi connectivity index (χ2n) is 3.94. The smallest absolute Gasteiger partial charge is 0.00669 e. The normalized spacial score (nSPS) is 13.2. The molecule has 0 amide bonds. The van der Waals surface area contributed by atoms with Gasteiger partial charge in [0.25, 0.3) is 0 Å². The van der Waals surface area contributed by atoms with Crippen molar-refractivity contribution in [3.8, 4) is 0 Å². The van der Waals surface area contributed by atoms with Crippen molar-refractivity contribution in [3.63, 3.8) is 0 Å². The number of unbranched alkanes of at least 4 members (excludes halogenated alkanes) is 2. The lowest BCUT2D eigenvalue weighted by atomic mass is 10.1. The van der Waals surface area contributed by atoms with Crippen LogP contribution >= 0.6 is 0 Å². The molecule has 0 bridgehead atoms. The fourth-order valence-electron chi connectivity index (χ4n) is 1.63. The van der Waals surface area contributed by atoms with Gasteiger partial charge >= 0.3 is 0 Å². The van der Waals surface area contributed by atoms with E-state index in [1.807, 2.05) is 0 Å². The molecule has 0 radical (unpaired) electrons. The van der Waals surface area contributed by atoms with Crippen molar-refractivity contribution in [2.75, 3.05) is 6.54 Å². The summed E-state index contributed by atoms with van der Waals surface area (Å²) in [7, 11) is 0. The Labute approximate surface area is 84.3 Å². The van der Waals surface area contributed by atoms with Crippen LogP contribution in [-0.4, -0.2) is 12.6 Å². The second kappa shape index (κ2) is 10.0. The molecule has 80 valence electrons. The Hall–Kier alpha value is -0.0400. The van der Waals surface area contributed by atoms with Gasteiger partial charge in [0, 0.05) is 6.04 Å². The van der Waals surface area contributed by atoms with E-state index in [1.54, 1.807) is 0 Å². The lowest BCUT2D eigenvalue weighted by Crippen LogP contribution is -2.29. The van der Waals surface area contributed by atoms with Crippen molar-refractivity contribution >= 4 is 0 Å². The zero-order valence-electron chi connectivity index (χ0n) is 9.73. The SMILES string of the molecule is CCCCNC(CCC)CCCC. The number of hydrogen-bond donors (Lipinski definition) is 1. The second-order valence-corrected chi connectivity index (χ2v) is 3.94. The fourth-order valence-corrected chi connectivity index (χ4v) is 1.63. The van der Waals surface area contributed by atoms with Gasteiger partial charge in [-0.2, -0.15) is 0 Å². The van der Waals surface area contributed by atoms with Gasteiger partial charge in [0.2, 0.25) is 0 Å². The fraction of sp³-hybridized carbons (Fsp3) is 1.00. The molecule has 0 heterocycles. The van der Waals surface area contributed by atoms with Crippen LogP contribution in [0.2, 0.25) is 0 Å².